The minimum absolute atomic E-state index is 0.253. The van der Waals surface area contributed by atoms with Crippen molar-refractivity contribution in [1.82, 2.24) is 5.32 Å². The van der Waals surface area contributed by atoms with E-state index >= 15 is 0 Å². The summed E-state index contributed by atoms with van der Waals surface area (Å²) in [5, 5.41) is 4.65. The number of benzene rings is 1. The molecule has 1 aliphatic heterocycles. The van der Waals surface area contributed by atoms with Crippen molar-refractivity contribution in [2.75, 3.05) is 24.5 Å². The van der Waals surface area contributed by atoms with Crippen molar-refractivity contribution < 1.29 is 0 Å². The first-order valence-corrected chi connectivity index (χ1v) is 8.49. The Kier molecular flexibility index (Phi) is 3.98. The van der Waals surface area contributed by atoms with Crippen LogP contribution in [0.5, 0.6) is 0 Å². The van der Waals surface area contributed by atoms with Gasteiger partial charge in [0.2, 0.25) is 0 Å². The number of hydrogen-bond donors (Lipinski definition) is 1. The molecule has 1 aromatic rings. The third-order valence-electron chi connectivity index (χ3n) is 4.38. The molecule has 1 aliphatic carbocycles. The Balaban J connectivity index is 1.86. The van der Waals surface area contributed by atoms with Crippen LogP contribution < -0.4 is 10.2 Å². The molecule has 2 aliphatic rings. The van der Waals surface area contributed by atoms with Crippen LogP contribution in [0.2, 0.25) is 5.02 Å². The zero-order chi connectivity index (χ0) is 13.5. The van der Waals surface area contributed by atoms with Crippen molar-refractivity contribution in [2.24, 2.45) is 5.92 Å². The van der Waals surface area contributed by atoms with Gasteiger partial charge in [0.1, 0.15) is 0 Å². The van der Waals surface area contributed by atoms with E-state index in [0.717, 1.165) is 30.6 Å². The van der Waals surface area contributed by atoms with Gasteiger partial charge in [0, 0.05) is 22.2 Å². The van der Waals surface area contributed by atoms with E-state index in [4.69, 9.17) is 11.6 Å². The summed E-state index contributed by atoms with van der Waals surface area (Å²) >= 11 is 8.75. The lowest BCUT2D eigenvalue weighted by Gasteiger charge is -2.35. The molecule has 3 rings (SSSR count). The average molecular weight is 391 g/mol. The largest absolute Gasteiger partial charge is 0.368 e. The Hall–Kier alpha value is -0.000000000000000132. The fourth-order valence-corrected chi connectivity index (χ4v) is 4.09. The third kappa shape index (κ3) is 3.03. The van der Waals surface area contributed by atoms with Crippen molar-refractivity contribution in [3.63, 3.8) is 0 Å². The van der Waals surface area contributed by atoms with Gasteiger partial charge in [0.05, 0.1) is 10.7 Å². The molecule has 1 atom stereocenters. The number of hydrogen-bond acceptors (Lipinski definition) is 2. The molecule has 2 fully saturated rings. The first-order chi connectivity index (χ1) is 9.08. The normalized spacial score (nSPS) is 28.3. The second kappa shape index (κ2) is 5.41. The minimum atomic E-state index is 0.253. The molecule has 1 aromatic carbocycles. The minimum Gasteiger partial charge on any atom is -0.368 e. The van der Waals surface area contributed by atoms with E-state index in [-0.39, 0.29) is 5.54 Å². The van der Waals surface area contributed by atoms with Crippen LogP contribution in [0.25, 0.3) is 0 Å². The molecule has 104 valence electrons. The van der Waals surface area contributed by atoms with Crippen molar-refractivity contribution in [2.45, 2.75) is 31.7 Å². The van der Waals surface area contributed by atoms with Crippen LogP contribution in [0.15, 0.2) is 18.2 Å². The molecule has 0 amide bonds. The lowest BCUT2D eigenvalue weighted by molar-refractivity contribution is 0.331. The summed E-state index contributed by atoms with van der Waals surface area (Å²) < 4.78 is 1.20. The molecule has 19 heavy (non-hydrogen) atoms. The Morgan fingerprint density at radius 2 is 2.21 bits per heavy atom. The highest BCUT2D eigenvalue weighted by molar-refractivity contribution is 14.1. The Morgan fingerprint density at radius 3 is 2.89 bits per heavy atom. The summed E-state index contributed by atoms with van der Waals surface area (Å²) in [6.07, 6.45) is 3.93. The highest BCUT2D eigenvalue weighted by Gasteiger charge is 2.43. The van der Waals surface area contributed by atoms with E-state index in [1.165, 1.54) is 28.5 Å². The van der Waals surface area contributed by atoms with E-state index in [1.54, 1.807) is 0 Å². The average Bonchev–Trinajstić information content (AvgIpc) is 3.16. The predicted octanol–water partition coefficient (Wildman–Crippen LogP) is 3.91. The molecule has 0 aromatic heterocycles. The van der Waals surface area contributed by atoms with Crippen molar-refractivity contribution in [3.8, 4) is 0 Å². The van der Waals surface area contributed by atoms with Crippen LogP contribution in [0, 0.1) is 9.49 Å². The number of nitrogens with one attached hydrogen (secondary N) is 1. The number of nitrogens with zero attached hydrogens (tertiary/aromatic N) is 1. The van der Waals surface area contributed by atoms with Gasteiger partial charge in [-0.05, 0) is 79.4 Å². The maximum atomic E-state index is 6.44. The van der Waals surface area contributed by atoms with Crippen molar-refractivity contribution >= 4 is 39.9 Å². The second-order valence-electron chi connectivity index (χ2n) is 5.99. The van der Waals surface area contributed by atoms with Gasteiger partial charge >= 0.3 is 0 Å². The van der Waals surface area contributed by atoms with Gasteiger partial charge in [-0.25, -0.2) is 0 Å². The molecule has 0 radical (unpaired) electrons. The molecular weight excluding hydrogens is 371 g/mol. The zero-order valence-corrected chi connectivity index (χ0v) is 14.2. The summed E-state index contributed by atoms with van der Waals surface area (Å²) in [4.78, 5) is 2.47. The summed E-state index contributed by atoms with van der Waals surface area (Å²) in [5.74, 6) is 0.843. The number of halogens is 2. The van der Waals surface area contributed by atoms with Crippen LogP contribution >= 0.6 is 34.2 Å². The Morgan fingerprint density at radius 1 is 1.42 bits per heavy atom. The van der Waals surface area contributed by atoms with Crippen LogP contribution in [-0.4, -0.2) is 25.2 Å². The number of rotatable bonds is 2. The maximum absolute atomic E-state index is 6.44. The monoisotopic (exact) mass is 390 g/mol. The second-order valence-corrected chi connectivity index (χ2v) is 7.64. The quantitative estimate of drug-likeness (QED) is 0.770. The predicted molar refractivity (Wildman–Crippen MR) is 90.1 cm³/mol. The van der Waals surface area contributed by atoms with Crippen LogP contribution in [-0.2, 0) is 0 Å². The smallest absolute Gasteiger partial charge is 0.0650 e. The zero-order valence-electron chi connectivity index (χ0n) is 11.3. The molecule has 2 nitrogen and oxygen atoms in total. The fourth-order valence-electron chi connectivity index (χ4n) is 3.11. The van der Waals surface area contributed by atoms with Gasteiger partial charge in [0.15, 0.2) is 0 Å². The fraction of sp³-hybridized carbons (Fsp3) is 0.600. The standard InChI is InChI=1S/C15H20ClIN2/c1-15(11-3-4-11)10-19(8-2-7-18-15)14-6-5-12(17)9-13(14)16/h5-6,9,11,18H,2-4,7-8,10H2,1H3. The van der Waals surface area contributed by atoms with E-state index < -0.39 is 0 Å². The third-order valence-corrected chi connectivity index (χ3v) is 5.36. The summed E-state index contributed by atoms with van der Waals surface area (Å²) in [6, 6.07) is 6.38. The Bertz CT molecular complexity index is 475. The Labute approximate surface area is 134 Å². The topological polar surface area (TPSA) is 15.3 Å². The van der Waals surface area contributed by atoms with Gasteiger partial charge in [0.25, 0.3) is 0 Å². The van der Waals surface area contributed by atoms with E-state index in [0.29, 0.717) is 0 Å². The molecular formula is C15H20ClIN2. The summed E-state index contributed by atoms with van der Waals surface area (Å²) in [5.41, 5.74) is 1.45. The molecule has 0 bridgehead atoms. The van der Waals surface area contributed by atoms with Gasteiger partial charge < -0.3 is 10.2 Å². The van der Waals surface area contributed by atoms with E-state index in [9.17, 15) is 0 Å². The van der Waals surface area contributed by atoms with Gasteiger partial charge in [-0.1, -0.05) is 11.6 Å². The van der Waals surface area contributed by atoms with E-state index in [2.05, 4.69) is 57.9 Å². The molecule has 1 saturated heterocycles. The summed E-state index contributed by atoms with van der Waals surface area (Å²) in [7, 11) is 0. The first kappa shape index (κ1) is 14.0. The van der Waals surface area contributed by atoms with Crippen molar-refractivity contribution in [3.05, 3.63) is 26.8 Å². The lowest BCUT2D eigenvalue weighted by atomic mass is 9.95. The van der Waals surface area contributed by atoms with Crippen LogP contribution in [0.3, 0.4) is 0 Å². The molecule has 4 heteroatoms. The van der Waals surface area contributed by atoms with Crippen LogP contribution in [0.4, 0.5) is 5.69 Å². The van der Waals surface area contributed by atoms with Gasteiger partial charge in [-0.3, -0.25) is 0 Å². The summed E-state index contributed by atoms with van der Waals surface area (Å²) in [6.45, 7) is 5.66. The van der Waals surface area contributed by atoms with Gasteiger partial charge in [-0.15, -0.1) is 0 Å². The van der Waals surface area contributed by atoms with E-state index in [1.807, 2.05) is 0 Å². The van der Waals surface area contributed by atoms with Gasteiger partial charge in [-0.2, -0.15) is 0 Å². The van der Waals surface area contributed by atoms with Crippen molar-refractivity contribution in [1.29, 1.82) is 0 Å². The first-order valence-electron chi connectivity index (χ1n) is 7.03. The molecule has 1 unspecified atom stereocenters. The highest BCUT2D eigenvalue weighted by Crippen LogP contribution is 2.41. The molecule has 0 spiro atoms. The molecule has 1 heterocycles. The van der Waals surface area contributed by atoms with Crippen LogP contribution in [0.1, 0.15) is 26.2 Å². The highest BCUT2D eigenvalue weighted by atomic mass is 127. The lowest BCUT2D eigenvalue weighted by Crippen LogP contribution is -2.51. The molecule has 1 saturated carbocycles. The maximum Gasteiger partial charge on any atom is 0.0650 e. The molecule has 1 N–H and O–H groups in total. The SMILES string of the molecule is CC1(C2CC2)CN(c2ccc(I)cc2Cl)CCCN1. The number of anilines is 1.